The van der Waals surface area contributed by atoms with Gasteiger partial charge in [-0.1, -0.05) is 11.7 Å². The summed E-state index contributed by atoms with van der Waals surface area (Å²) in [7, 11) is 0. The highest BCUT2D eigenvalue weighted by Crippen LogP contribution is 1.87. The smallest absolute Gasteiger partial charge is 0.0732 e. The van der Waals surface area contributed by atoms with Crippen LogP contribution >= 0.6 is 0 Å². The van der Waals surface area contributed by atoms with Crippen molar-refractivity contribution in [2.75, 3.05) is 0 Å². The lowest BCUT2D eigenvalue weighted by atomic mass is 10.5. The highest BCUT2D eigenvalue weighted by Gasteiger charge is 1.84. The summed E-state index contributed by atoms with van der Waals surface area (Å²) in [6.45, 7) is 2.86. The quantitative estimate of drug-likeness (QED) is 0.210. The Labute approximate surface area is 44.9 Å². The normalized spacial score (nSPS) is 7.00. The van der Waals surface area contributed by atoms with Gasteiger partial charge in [0, 0.05) is 4.91 Å². The first-order chi connectivity index (χ1) is 3.68. The third kappa shape index (κ3) is 1.84. The van der Waals surface area contributed by atoms with Gasteiger partial charge >= 0.3 is 0 Å². The Balaban J connectivity index is 4.05. The van der Waals surface area contributed by atoms with Crippen LogP contribution in [0.5, 0.6) is 0 Å². The minimum atomic E-state index is -1.55. The molecule has 0 saturated carbocycles. The topological polar surface area (TPSA) is 88.9 Å². The molecule has 0 heterocycles. The number of carboxylic acids is 1. The van der Waals surface area contributed by atoms with Gasteiger partial charge in [0.2, 0.25) is 0 Å². The van der Waals surface area contributed by atoms with Crippen LogP contribution in [0.3, 0.4) is 0 Å². The fourth-order valence-electron chi connectivity index (χ4n) is 0.0948. The van der Waals surface area contributed by atoms with Gasteiger partial charge in [-0.25, -0.2) is 0 Å². The van der Waals surface area contributed by atoms with E-state index in [0.717, 1.165) is 0 Å². The molecule has 0 radical (unpaired) electrons. The van der Waals surface area contributed by atoms with Crippen LogP contribution < -0.4 is 5.11 Å². The Kier molecular flexibility index (Phi) is 2.16. The largest absolute Gasteiger partial charge is 0.545 e. The van der Waals surface area contributed by atoms with Crippen LogP contribution in [0.25, 0.3) is 10.4 Å². The molecule has 0 aliphatic rings. The SMILES string of the molecule is C=C(N=[N+]=[N-])C(=O)[O-]. The van der Waals surface area contributed by atoms with Crippen LogP contribution in [-0.4, -0.2) is 5.97 Å². The first kappa shape index (κ1) is 6.52. The minimum Gasteiger partial charge on any atom is -0.545 e. The molecule has 5 nitrogen and oxygen atoms in total. The van der Waals surface area contributed by atoms with Crippen molar-refractivity contribution in [1.29, 1.82) is 0 Å². The average molecular weight is 112 g/mol. The van der Waals surface area contributed by atoms with Gasteiger partial charge in [0.1, 0.15) is 0 Å². The van der Waals surface area contributed by atoms with E-state index >= 15 is 0 Å². The summed E-state index contributed by atoms with van der Waals surface area (Å²) < 4.78 is 0. The van der Waals surface area contributed by atoms with E-state index in [1.54, 1.807) is 0 Å². The van der Waals surface area contributed by atoms with Crippen LogP contribution in [0.15, 0.2) is 17.4 Å². The molecule has 0 aromatic rings. The van der Waals surface area contributed by atoms with Gasteiger partial charge in [0.25, 0.3) is 0 Å². The summed E-state index contributed by atoms with van der Waals surface area (Å²) in [5.74, 6) is -1.55. The first-order valence-corrected chi connectivity index (χ1v) is 1.64. The molecule has 0 aliphatic carbocycles. The maximum Gasteiger partial charge on any atom is 0.0732 e. The third-order valence-corrected chi connectivity index (χ3v) is 0.401. The summed E-state index contributed by atoms with van der Waals surface area (Å²) in [6, 6.07) is 0. The lowest BCUT2D eigenvalue weighted by Crippen LogP contribution is -2.22. The Morgan fingerprint density at radius 3 is 2.50 bits per heavy atom. The lowest BCUT2D eigenvalue weighted by Gasteiger charge is -1.93. The van der Waals surface area contributed by atoms with E-state index in [1.807, 2.05) is 0 Å². The van der Waals surface area contributed by atoms with E-state index in [0.29, 0.717) is 0 Å². The van der Waals surface area contributed by atoms with Gasteiger partial charge in [-0.2, -0.15) is 0 Å². The molecule has 0 aliphatic heterocycles. The summed E-state index contributed by atoms with van der Waals surface area (Å²) in [6.07, 6.45) is 0. The number of carboxylic acid groups (broad SMARTS) is 1. The fourth-order valence-corrected chi connectivity index (χ4v) is 0.0948. The van der Waals surface area contributed by atoms with Crippen molar-refractivity contribution in [3.63, 3.8) is 0 Å². The Morgan fingerprint density at radius 2 is 2.38 bits per heavy atom. The van der Waals surface area contributed by atoms with Crippen molar-refractivity contribution < 1.29 is 9.90 Å². The number of carbonyl (C=O) groups excluding carboxylic acids is 1. The zero-order chi connectivity index (χ0) is 6.57. The third-order valence-electron chi connectivity index (χ3n) is 0.401. The number of hydrogen-bond donors (Lipinski definition) is 0. The van der Waals surface area contributed by atoms with Crippen molar-refractivity contribution >= 4 is 5.97 Å². The molecule has 5 heteroatoms. The Bertz CT molecular complexity index is 163. The van der Waals surface area contributed by atoms with E-state index in [-0.39, 0.29) is 0 Å². The van der Waals surface area contributed by atoms with Gasteiger partial charge in [0.15, 0.2) is 0 Å². The summed E-state index contributed by atoms with van der Waals surface area (Å²) >= 11 is 0. The van der Waals surface area contributed by atoms with Crippen LogP contribution in [0.4, 0.5) is 0 Å². The summed E-state index contributed by atoms with van der Waals surface area (Å²) in [4.78, 5) is 11.8. The predicted molar refractivity (Wildman–Crippen MR) is 23.3 cm³/mol. The molecule has 0 rings (SSSR count). The molecule has 42 valence electrons. The predicted octanol–water partition coefficient (Wildman–Crippen LogP) is -0.440. The van der Waals surface area contributed by atoms with Gasteiger partial charge in [0.05, 0.1) is 11.7 Å². The zero-order valence-corrected chi connectivity index (χ0v) is 3.87. The molecule has 0 N–H and O–H groups in total. The molecule has 0 aromatic heterocycles. The maximum atomic E-state index is 9.61. The number of carbonyl (C=O) groups is 1. The van der Waals surface area contributed by atoms with Gasteiger partial charge < -0.3 is 9.90 Å². The van der Waals surface area contributed by atoms with Crippen LogP contribution in [0.1, 0.15) is 0 Å². The van der Waals surface area contributed by atoms with Gasteiger partial charge in [-0.3, -0.25) is 0 Å². The van der Waals surface area contributed by atoms with Crippen molar-refractivity contribution in [3.05, 3.63) is 22.7 Å². The Hall–Kier alpha value is -1.48. The van der Waals surface area contributed by atoms with Crippen molar-refractivity contribution in [1.82, 2.24) is 0 Å². The lowest BCUT2D eigenvalue weighted by molar-refractivity contribution is -0.299. The monoisotopic (exact) mass is 112 g/mol. The second-order valence-electron chi connectivity index (χ2n) is 0.924. The van der Waals surface area contributed by atoms with E-state index in [9.17, 15) is 9.90 Å². The highest BCUT2D eigenvalue weighted by atomic mass is 16.4. The average Bonchev–Trinajstić information content (AvgIpc) is 1.67. The number of nitrogens with zero attached hydrogens (tertiary/aromatic N) is 3. The van der Waals surface area contributed by atoms with E-state index < -0.39 is 11.7 Å². The molecular formula is C3H2N3O2-. The minimum absolute atomic E-state index is 0.604. The van der Waals surface area contributed by atoms with E-state index in [4.69, 9.17) is 5.53 Å². The van der Waals surface area contributed by atoms with Gasteiger partial charge in [-0.05, 0) is 5.53 Å². The second-order valence-corrected chi connectivity index (χ2v) is 0.924. The molecule has 8 heavy (non-hydrogen) atoms. The van der Waals surface area contributed by atoms with Crippen molar-refractivity contribution in [2.45, 2.75) is 0 Å². The van der Waals surface area contributed by atoms with Crippen molar-refractivity contribution in [2.24, 2.45) is 5.11 Å². The number of hydrogen-bond acceptors (Lipinski definition) is 3. The van der Waals surface area contributed by atoms with Crippen LogP contribution in [-0.2, 0) is 4.79 Å². The summed E-state index contributed by atoms with van der Waals surface area (Å²) in [5.41, 5.74) is 6.99. The molecule has 0 atom stereocenters. The summed E-state index contributed by atoms with van der Waals surface area (Å²) in [5, 5.41) is 12.3. The molecule has 0 spiro atoms. The first-order valence-electron chi connectivity index (χ1n) is 1.64. The Morgan fingerprint density at radius 1 is 1.88 bits per heavy atom. The van der Waals surface area contributed by atoms with Gasteiger partial charge in [-0.15, -0.1) is 0 Å². The van der Waals surface area contributed by atoms with E-state index in [1.165, 1.54) is 0 Å². The molecule has 0 saturated heterocycles. The van der Waals surface area contributed by atoms with E-state index in [2.05, 4.69) is 16.6 Å². The van der Waals surface area contributed by atoms with Crippen molar-refractivity contribution in [3.8, 4) is 0 Å². The second kappa shape index (κ2) is 2.65. The number of rotatable bonds is 2. The fraction of sp³-hybridized carbons (Fsp3) is 0. The van der Waals surface area contributed by atoms with Crippen LogP contribution in [0.2, 0.25) is 0 Å². The number of aliphatic carboxylic acids is 1. The standard InChI is InChI=1S/C3H3N3O2/c1-2(3(7)8)5-6-4/h1H2,(H,7,8)/p-1. The molecule has 0 aromatic carbocycles. The highest BCUT2D eigenvalue weighted by molar-refractivity contribution is 5.83. The zero-order valence-electron chi connectivity index (χ0n) is 3.87. The molecule has 0 amide bonds. The molecule has 0 fully saturated rings. The number of azide groups is 1. The molecule has 0 bridgehead atoms. The van der Waals surface area contributed by atoms with Crippen LogP contribution in [0, 0.1) is 0 Å². The maximum absolute atomic E-state index is 9.61. The molecular weight excluding hydrogens is 110 g/mol. The molecule has 0 unspecified atom stereocenters.